The van der Waals surface area contributed by atoms with Crippen molar-refractivity contribution in [3.8, 4) is 5.75 Å². The molecule has 3 rings (SSSR count). The molecule has 0 bridgehead atoms. The Balaban J connectivity index is 2.07. The average Bonchev–Trinajstić information content (AvgIpc) is 2.88. The summed E-state index contributed by atoms with van der Waals surface area (Å²) in [5.74, 6) is -0.705. The number of hydrogen-bond donors (Lipinski definition) is 1. The van der Waals surface area contributed by atoms with Gasteiger partial charge in [0.1, 0.15) is 18.3 Å². The maximum atomic E-state index is 14.0. The Morgan fingerprint density at radius 3 is 2.32 bits per heavy atom. The lowest BCUT2D eigenvalue weighted by Gasteiger charge is -2.33. The first-order chi connectivity index (χ1) is 18.0. The molecule has 11 heteroatoms. The third-order valence-electron chi connectivity index (χ3n) is 5.85. The summed E-state index contributed by atoms with van der Waals surface area (Å²) in [6.07, 6.45) is 1.24. The molecule has 8 nitrogen and oxygen atoms in total. The van der Waals surface area contributed by atoms with Gasteiger partial charge in [-0.25, -0.2) is 8.42 Å². The van der Waals surface area contributed by atoms with Crippen molar-refractivity contribution in [2.45, 2.75) is 19.0 Å². The van der Waals surface area contributed by atoms with Crippen molar-refractivity contribution in [2.75, 3.05) is 31.3 Å². The smallest absolute Gasteiger partial charge is 0.244 e. The van der Waals surface area contributed by atoms with Crippen molar-refractivity contribution in [3.63, 3.8) is 0 Å². The summed E-state index contributed by atoms with van der Waals surface area (Å²) in [7, 11) is -1.05. The molecule has 0 saturated carbocycles. The van der Waals surface area contributed by atoms with Crippen LogP contribution in [0.4, 0.5) is 5.69 Å². The standard InChI is InChI=1S/C27H29BrClN3O5S/c1-30-27(34)24(15-19-8-5-4-6-9-19)31(17-20-10-7-11-21(28)14-20)26(33)18-32(38(3,35)36)23-16-22(29)12-13-25(23)37-2/h4-14,16,24H,15,17-18H2,1-3H3,(H,30,34). The van der Waals surface area contributed by atoms with Crippen LogP contribution in [0.5, 0.6) is 5.75 Å². The van der Waals surface area contributed by atoms with Crippen LogP contribution in [0.25, 0.3) is 0 Å². The molecule has 0 heterocycles. The first-order valence-electron chi connectivity index (χ1n) is 11.6. The van der Waals surface area contributed by atoms with Gasteiger partial charge in [0.25, 0.3) is 0 Å². The summed E-state index contributed by atoms with van der Waals surface area (Å²) in [4.78, 5) is 28.5. The largest absolute Gasteiger partial charge is 0.495 e. The fraction of sp³-hybridized carbons (Fsp3) is 0.259. The lowest BCUT2D eigenvalue weighted by Crippen LogP contribution is -2.52. The van der Waals surface area contributed by atoms with E-state index in [4.69, 9.17) is 16.3 Å². The minimum atomic E-state index is -3.95. The molecule has 0 aliphatic rings. The Labute approximate surface area is 236 Å². The van der Waals surface area contributed by atoms with E-state index in [9.17, 15) is 18.0 Å². The lowest BCUT2D eigenvalue weighted by molar-refractivity contribution is -0.139. The summed E-state index contributed by atoms with van der Waals surface area (Å²) in [6.45, 7) is -0.487. The molecule has 3 aromatic rings. The van der Waals surface area contributed by atoms with Gasteiger partial charge in [0.05, 0.1) is 19.1 Å². The monoisotopic (exact) mass is 621 g/mol. The number of hydrogen-bond acceptors (Lipinski definition) is 5. The SMILES string of the molecule is CNC(=O)C(Cc1ccccc1)N(Cc1cccc(Br)c1)C(=O)CN(c1cc(Cl)ccc1OC)S(C)(=O)=O. The minimum absolute atomic E-state index is 0.0769. The molecule has 1 unspecified atom stereocenters. The van der Waals surface area contributed by atoms with Crippen molar-refractivity contribution in [1.82, 2.24) is 10.2 Å². The van der Waals surface area contributed by atoms with Crippen molar-refractivity contribution in [1.29, 1.82) is 0 Å². The van der Waals surface area contributed by atoms with Crippen LogP contribution >= 0.6 is 27.5 Å². The van der Waals surface area contributed by atoms with Crippen LogP contribution in [0.1, 0.15) is 11.1 Å². The molecular formula is C27H29BrClN3O5S. The molecular weight excluding hydrogens is 594 g/mol. The zero-order valence-electron chi connectivity index (χ0n) is 21.2. The Kier molecular flexibility index (Phi) is 10.2. The molecule has 0 aliphatic carbocycles. The number of carbonyl (C=O) groups excluding carboxylic acids is 2. The maximum absolute atomic E-state index is 14.0. The van der Waals surface area contributed by atoms with Crippen molar-refractivity contribution < 1.29 is 22.7 Å². The number of methoxy groups -OCH3 is 1. The van der Waals surface area contributed by atoms with Gasteiger partial charge in [0, 0.05) is 29.5 Å². The van der Waals surface area contributed by atoms with Gasteiger partial charge in [0.2, 0.25) is 21.8 Å². The van der Waals surface area contributed by atoms with Crippen LogP contribution in [0.2, 0.25) is 5.02 Å². The van der Waals surface area contributed by atoms with E-state index in [2.05, 4.69) is 21.2 Å². The number of sulfonamides is 1. The molecule has 0 aromatic heterocycles. The molecule has 2 amide bonds. The fourth-order valence-electron chi connectivity index (χ4n) is 4.01. The van der Waals surface area contributed by atoms with E-state index in [0.717, 1.165) is 26.2 Å². The topological polar surface area (TPSA) is 96.0 Å². The number of nitrogens with zero attached hydrogens (tertiary/aromatic N) is 2. The van der Waals surface area contributed by atoms with Gasteiger partial charge in [0.15, 0.2) is 0 Å². The second-order valence-electron chi connectivity index (χ2n) is 8.56. The normalized spacial score (nSPS) is 11.9. The number of anilines is 1. The predicted octanol–water partition coefficient (Wildman–Crippen LogP) is 4.26. The van der Waals surface area contributed by atoms with Crippen LogP contribution in [-0.4, -0.2) is 58.1 Å². The van der Waals surface area contributed by atoms with E-state index in [0.29, 0.717) is 0 Å². The van der Waals surface area contributed by atoms with Gasteiger partial charge < -0.3 is 15.0 Å². The highest BCUT2D eigenvalue weighted by Gasteiger charge is 2.33. The molecule has 3 aromatic carbocycles. The van der Waals surface area contributed by atoms with Crippen molar-refractivity contribution in [3.05, 3.63) is 93.4 Å². The van der Waals surface area contributed by atoms with Crippen LogP contribution < -0.4 is 14.4 Å². The van der Waals surface area contributed by atoms with Gasteiger partial charge in [-0.1, -0.05) is 70.0 Å². The molecule has 38 heavy (non-hydrogen) atoms. The number of benzene rings is 3. The molecule has 0 fully saturated rings. The third-order valence-corrected chi connectivity index (χ3v) is 7.70. The second kappa shape index (κ2) is 13.1. The molecule has 0 aliphatic heterocycles. The summed E-state index contributed by atoms with van der Waals surface area (Å²) in [6, 6.07) is 20.3. The number of rotatable bonds is 11. The van der Waals surface area contributed by atoms with Crippen LogP contribution in [0.3, 0.4) is 0 Å². The number of likely N-dealkylation sites (N-methyl/N-ethyl adjacent to an activating group) is 1. The van der Waals surface area contributed by atoms with Gasteiger partial charge in [-0.3, -0.25) is 13.9 Å². The van der Waals surface area contributed by atoms with E-state index < -0.39 is 28.5 Å². The first kappa shape index (κ1) is 29.5. The quantitative estimate of drug-likeness (QED) is 0.345. The molecule has 202 valence electrons. The minimum Gasteiger partial charge on any atom is -0.495 e. The Morgan fingerprint density at radius 1 is 1.03 bits per heavy atom. The molecule has 0 spiro atoms. The second-order valence-corrected chi connectivity index (χ2v) is 11.8. The van der Waals surface area contributed by atoms with Gasteiger partial charge in [-0.05, 0) is 41.5 Å². The molecule has 0 radical (unpaired) electrons. The first-order valence-corrected chi connectivity index (χ1v) is 14.7. The summed E-state index contributed by atoms with van der Waals surface area (Å²) in [5, 5.41) is 2.93. The van der Waals surface area contributed by atoms with Crippen LogP contribution in [0.15, 0.2) is 77.3 Å². The highest BCUT2D eigenvalue weighted by molar-refractivity contribution is 9.10. The zero-order chi connectivity index (χ0) is 27.9. The van der Waals surface area contributed by atoms with Crippen molar-refractivity contribution in [2.24, 2.45) is 0 Å². The summed E-state index contributed by atoms with van der Waals surface area (Å²) in [5.41, 5.74) is 1.74. The summed E-state index contributed by atoms with van der Waals surface area (Å²) >= 11 is 9.61. The Morgan fingerprint density at radius 2 is 1.71 bits per heavy atom. The number of ether oxygens (including phenoxy) is 1. The van der Waals surface area contributed by atoms with E-state index >= 15 is 0 Å². The molecule has 0 saturated heterocycles. The van der Waals surface area contributed by atoms with Crippen LogP contribution in [-0.2, 0) is 32.6 Å². The summed E-state index contributed by atoms with van der Waals surface area (Å²) < 4.78 is 32.9. The number of nitrogens with one attached hydrogen (secondary N) is 1. The van der Waals surface area contributed by atoms with Gasteiger partial charge in [-0.15, -0.1) is 0 Å². The maximum Gasteiger partial charge on any atom is 0.244 e. The van der Waals surface area contributed by atoms with Crippen LogP contribution in [0, 0.1) is 0 Å². The molecule has 1 N–H and O–H groups in total. The van der Waals surface area contributed by atoms with Crippen molar-refractivity contribution >= 4 is 55.1 Å². The number of carbonyl (C=O) groups is 2. The zero-order valence-corrected chi connectivity index (χ0v) is 24.4. The predicted molar refractivity (Wildman–Crippen MR) is 153 cm³/mol. The fourth-order valence-corrected chi connectivity index (χ4v) is 5.46. The van der Waals surface area contributed by atoms with Gasteiger partial charge in [-0.2, -0.15) is 0 Å². The average molecular weight is 623 g/mol. The number of halogens is 2. The molecule has 1 atom stereocenters. The highest BCUT2D eigenvalue weighted by atomic mass is 79.9. The van der Waals surface area contributed by atoms with E-state index in [1.165, 1.54) is 31.2 Å². The van der Waals surface area contributed by atoms with E-state index in [-0.39, 0.29) is 35.3 Å². The van der Waals surface area contributed by atoms with E-state index in [1.807, 2.05) is 54.6 Å². The highest BCUT2D eigenvalue weighted by Crippen LogP contribution is 2.33. The Bertz CT molecular complexity index is 1390. The lowest BCUT2D eigenvalue weighted by atomic mass is 10.0. The third kappa shape index (κ3) is 7.72. The van der Waals surface area contributed by atoms with Gasteiger partial charge >= 0.3 is 0 Å². The Hall–Kier alpha value is -3.08. The number of amides is 2. The van der Waals surface area contributed by atoms with E-state index in [1.54, 1.807) is 6.07 Å².